The standard InChI is InChI=1S/C14H20N4O3S.ClH/c15-11-1-2-18(13(11)19)12(7-10-8-22-9-16-10)14(20)17-3-5-21-6-4-17;/h8-9,11-12H,1-7,15H2;1H/t11-,12-;/m0./s1. The number of rotatable bonds is 4. The summed E-state index contributed by atoms with van der Waals surface area (Å²) in [5, 5.41) is 1.92. The van der Waals surface area contributed by atoms with Crippen molar-refractivity contribution in [1.29, 1.82) is 0 Å². The summed E-state index contributed by atoms with van der Waals surface area (Å²) in [6.45, 7) is 2.76. The van der Waals surface area contributed by atoms with E-state index in [1.54, 1.807) is 15.3 Å². The Kier molecular flexibility index (Phi) is 6.34. The van der Waals surface area contributed by atoms with Crippen LogP contribution in [0.5, 0.6) is 0 Å². The van der Waals surface area contributed by atoms with Gasteiger partial charge in [-0.3, -0.25) is 9.59 Å². The first kappa shape index (κ1) is 18.1. The second-order valence-electron chi connectivity index (χ2n) is 5.56. The van der Waals surface area contributed by atoms with Crippen molar-refractivity contribution < 1.29 is 14.3 Å². The molecule has 0 bridgehead atoms. The van der Waals surface area contributed by atoms with Crippen molar-refractivity contribution in [3.8, 4) is 0 Å². The molecule has 9 heteroatoms. The number of thiazole rings is 1. The van der Waals surface area contributed by atoms with Crippen LogP contribution in [0, 0.1) is 0 Å². The van der Waals surface area contributed by atoms with Crippen LogP contribution < -0.4 is 5.73 Å². The van der Waals surface area contributed by atoms with Gasteiger partial charge >= 0.3 is 0 Å². The number of carbonyl (C=O) groups is 2. The SMILES string of the molecule is Cl.N[C@H]1CCN([C@@H](Cc2cscn2)C(=O)N2CCOCC2)C1=O. The Balaban J connectivity index is 0.00000192. The van der Waals surface area contributed by atoms with Crippen LogP contribution in [0.2, 0.25) is 0 Å². The Morgan fingerprint density at radius 2 is 2.17 bits per heavy atom. The molecule has 2 aliphatic heterocycles. The van der Waals surface area contributed by atoms with Crippen LogP contribution in [0.25, 0.3) is 0 Å². The van der Waals surface area contributed by atoms with E-state index in [-0.39, 0.29) is 24.2 Å². The highest BCUT2D eigenvalue weighted by atomic mass is 35.5. The number of likely N-dealkylation sites (tertiary alicyclic amines) is 1. The molecule has 2 fully saturated rings. The van der Waals surface area contributed by atoms with Crippen LogP contribution >= 0.6 is 23.7 Å². The maximum Gasteiger partial charge on any atom is 0.245 e. The third-order valence-electron chi connectivity index (χ3n) is 4.15. The lowest BCUT2D eigenvalue weighted by Crippen LogP contribution is -2.54. The molecule has 0 radical (unpaired) electrons. The Bertz CT molecular complexity index is 536. The minimum absolute atomic E-state index is 0. The highest BCUT2D eigenvalue weighted by Crippen LogP contribution is 2.19. The van der Waals surface area contributed by atoms with Crippen LogP contribution in [-0.4, -0.2) is 71.5 Å². The molecule has 2 aliphatic rings. The monoisotopic (exact) mass is 360 g/mol. The molecule has 0 unspecified atom stereocenters. The number of hydrogen-bond acceptors (Lipinski definition) is 6. The van der Waals surface area contributed by atoms with E-state index in [4.69, 9.17) is 10.5 Å². The van der Waals surface area contributed by atoms with E-state index in [1.807, 2.05) is 5.38 Å². The molecular formula is C14H21ClN4O3S. The Morgan fingerprint density at radius 1 is 1.43 bits per heavy atom. The summed E-state index contributed by atoms with van der Waals surface area (Å²) in [4.78, 5) is 32.8. The molecule has 1 aromatic rings. The quantitative estimate of drug-likeness (QED) is 0.809. The second-order valence-corrected chi connectivity index (χ2v) is 6.28. The number of morpholine rings is 1. The fourth-order valence-electron chi connectivity index (χ4n) is 2.90. The van der Waals surface area contributed by atoms with Gasteiger partial charge in [0.1, 0.15) is 6.04 Å². The average molecular weight is 361 g/mol. The normalized spacial score (nSPS) is 22.8. The number of amides is 2. The van der Waals surface area contributed by atoms with Crippen LogP contribution in [0.15, 0.2) is 10.9 Å². The maximum atomic E-state index is 12.9. The van der Waals surface area contributed by atoms with E-state index >= 15 is 0 Å². The summed E-state index contributed by atoms with van der Waals surface area (Å²) < 4.78 is 5.29. The summed E-state index contributed by atoms with van der Waals surface area (Å²) in [6.07, 6.45) is 1.04. The Labute approximate surface area is 145 Å². The van der Waals surface area contributed by atoms with Crippen LogP contribution in [-0.2, 0) is 20.7 Å². The molecule has 0 aromatic carbocycles. The molecule has 0 aliphatic carbocycles. The van der Waals surface area contributed by atoms with Crippen LogP contribution in [0.3, 0.4) is 0 Å². The van der Waals surface area contributed by atoms with Gasteiger partial charge in [0.15, 0.2) is 0 Å². The van der Waals surface area contributed by atoms with Gasteiger partial charge in [-0.15, -0.1) is 23.7 Å². The summed E-state index contributed by atoms with van der Waals surface area (Å²) in [7, 11) is 0. The van der Waals surface area contributed by atoms with Crippen molar-refractivity contribution in [2.45, 2.75) is 24.9 Å². The van der Waals surface area contributed by atoms with Gasteiger partial charge in [-0.2, -0.15) is 0 Å². The molecule has 3 heterocycles. The highest BCUT2D eigenvalue weighted by Gasteiger charge is 2.39. The van der Waals surface area contributed by atoms with Gasteiger partial charge in [-0.25, -0.2) is 4.98 Å². The molecule has 2 atom stereocenters. The van der Waals surface area contributed by atoms with E-state index in [0.717, 1.165) is 5.69 Å². The molecular weight excluding hydrogens is 340 g/mol. The molecule has 3 rings (SSSR count). The fraction of sp³-hybridized carbons (Fsp3) is 0.643. The van der Waals surface area contributed by atoms with Crippen LogP contribution in [0.4, 0.5) is 0 Å². The zero-order chi connectivity index (χ0) is 15.5. The summed E-state index contributed by atoms with van der Waals surface area (Å²) >= 11 is 1.49. The molecule has 7 nitrogen and oxygen atoms in total. The minimum atomic E-state index is -0.513. The average Bonchev–Trinajstić information content (AvgIpc) is 3.17. The van der Waals surface area contributed by atoms with Gasteiger partial charge < -0.3 is 20.3 Å². The number of carbonyl (C=O) groups excluding carboxylic acids is 2. The third-order valence-corrected chi connectivity index (χ3v) is 4.79. The number of hydrogen-bond donors (Lipinski definition) is 1. The lowest BCUT2D eigenvalue weighted by atomic mass is 10.1. The van der Waals surface area contributed by atoms with Gasteiger partial charge in [0.05, 0.1) is 30.5 Å². The van der Waals surface area contributed by atoms with Crippen molar-refractivity contribution in [2.24, 2.45) is 5.73 Å². The van der Waals surface area contributed by atoms with E-state index in [0.29, 0.717) is 45.7 Å². The van der Waals surface area contributed by atoms with Gasteiger partial charge in [0.2, 0.25) is 11.8 Å². The topological polar surface area (TPSA) is 88.8 Å². The highest BCUT2D eigenvalue weighted by molar-refractivity contribution is 7.07. The van der Waals surface area contributed by atoms with E-state index < -0.39 is 12.1 Å². The zero-order valence-corrected chi connectivity index (χ0v) is 14.4. The molecule has 0 spiro atoms. The van der Waals surface area contributed by atoms with Gasteiger partial charge in [0, 0.05) is 31.4 Å². The number of nitrogens with zero attached hydrogens (tertiary/aromatic N) is 3. The summed E-state index contributed by atoms with van der Waals surface area (Å²) in [6, 6.07) is -1.00. The van der Waals surface area contributed by atoms with E-state index in [9.17, 15) is 9.59 Å². The molecule has 23 heavy (non-hydrogen) atoms. The molecule has 128 valence electrons. The molecule has 0 saturated carbocycles. The summed E-state index contributed by atoms with van der Waals surface area (Å²) in [5.41, 5.74) is 8.39. The molecule has 2 amide bonds. The van der Waals surface area contributed by atoms with E-state index in [1.165, 1.54) is 11.3 Å². The van der Waals surface area contributed by atoms with Gasteiger partial charge in [-0.05, 0) is 6.42 Å². The number of ether oxygens (including phenoxy) is 1. The van der Waals surface area contributed by atoms with Crippen molar-refractivity contribution in [3.63, 3.8) is 0 Å². The van der Waals surface area contributed by atoms with Gasteiger partial charge in [-0.1, -0.05) is 0 Å². The Morgan fingerprint density at radius 3 is 2.74 bits per heavy atom. The van der Waals surface area contributed by atoms with Crippen molar-refractivity contribution in [2.75, 3.05) is 32.8 Å². The summed E-state index contributed by atoms with van der Waals surface area (Å²) in [5.74, 6) is -0.166. The smallest absolute Gasteiger partial charge is 0.245 e. The maximum absolute atomic E-state index is 12.9. The fourth-order valence-corrected chi connectivity index (χ4v) is 3.47. The Hall–Kier alpha value is -1.22. The van der Waals surface area contributed by atoms with Crippen LogP contribution in [0.1, 0.15) is 12.1 Å². The predicted molar refractivity (Wildman–Crippen MR) is 88.6 cm³/mol. The number of nitrogens with two attached hydrogens (primary N) is 1. The third kappa shape index (κ3) is 4.00. The minimum Gasteiger partial charge on any atom is -0.378 e. The van der Waals surface area contributed by atoms with Crippen molar-refractivity contribution in [1.82, 2.24) is 14.8 Å². The number of halogens is 1. The molecule has 2 N–H and O–H groups in total. The first-order valence-corrected chi connectivity index (χ1v) is 8.41. The first-order valence-electron chi connectivity index (χ1n) is 7.46. The molecule has 1 aromatic heterocycles. The molecule has 2 saturated heterocycles. The number of aromatic nitrogens is 1. The predicted octanol–water partition coefficient (Wildman–Crippen LogP) is -0.106. The first-order chi connectivity index (χ1) is 10.7. The van der Waals surface area contributed by atoms with Crippen molar-refractivity contribution in [3.05, 3.63) is 16.6 Å². The second kappa shape index (κ2) is 8.05. The lowest BCUT2D eigenvalue weighted by Gasteiger charge is -2.34. The largest absolute Gasteiger partial charge is 0.378 e. The van der Waals surface area contributed by atoms with E-state index in [2.05, 4.69) is 4.98 Å². The van der Waals surface area contributed by atoms with Crippen molar-refractivity contribution >= 4 is 35.6 Å². The zero-order valence-electron chi connectivity index (χ0n) is 12.7. The lowest BCUT2D eigenvalue weighted by molar-refractivity contribution is -0.146. The van der Waals surface area contributed by atoms with Gasteiger partial charge in [0.25, 0.3) is 0 Å².